The largest absolute Gasteiger partial charge is 0.271 e. The van der Waals surface area contributed by atoms with E-state index in [1.807, 2.05) is 0 Å². The standard InChI is InChI=1S/C13H24BrN3O2S/c1-6-11(7-2)12(14)8-15-20(18,19)13-9(3)16-17(5)10(13)4/h11-12,15H,6-8H2,1-5H3. The van der Waals surface area contributed by atoms with E-state index >= 15 is 0 Å². The second-order valence-corrected chi connectivity index (χ2v) is 7.95. The molecule has 20 heavy (non-hydrogen) atoms. The lowest BCUT2D eigenvalue weighted by molar-refractivity contribution is 0.471. The van der Waals surface area contributed by atoms with Gasteiger partial charge in [-0.3, -0.25) is 4.68 Å². The first-order valence-electron chi connectivity index (χ1n) is 6.88. The molecule has 0 radical (unpaired) electrons. The van der Waals surface area contributed by atoms with Gasteiger partial charge in [0.2, 0.25) is 10.0 Å². The molecule has 1 aromatic rings. The van der Waals surface area contributed by atoms with Crippen LogP contribution in [-0.2, 0) is 17.1 Å². The molecular formula is C13H24BrN3O2S. The highest BCUT2D eigenvalue weighted by atomic mass is 79.9. The van der Waals surface area contributed by atoms with E-state index in [1.54, 1.807) is 25.6 Å². The second kappa shape index (κ2) is 7.04. The average molecular weight is 366 g/mol. The van der Waals surface area contributed by atoms with Crippen LogP contribution in [0.25, 0.3) is 0 Å². The smallest absolute Gasteiger partial charge is 0.244 e. The van der Waals surface area contributed by atoms with E-state index in [0.29, 0.717) is 28.7 Å². The molecule has 0 aliphatic carbocycles. The first-order valence-corrected chi connectivity index (χ1v) is 9.28. The minimum Gasteiger partial charge on any atom is -0.271 e. The Balaban J connectivity index is 2.86. The molecule has 1 N–H and O–H groups in total. The molecule has 0 saturated carbocycles. The van der Waals surface area contributed by atoms with Gasteiger partial charge in [-0.15, -0.1) is 0 Å². The molecule has 0 fully saturated rings. The maximum Gasteiger partial charge on any atom is 0.244 e. The maximum atomic E-state index is 12.4. The van der Waals surface area contributed by atoms with Crippen molar-refractivity contribution < 1.29 is 8.42 Å². The molecule has 0 spiro atoms. The van der Waals surface area contributed by atoms with Crippen LogP contribution < -0.4 is 4.72 Å². The van der Waals surface area contributed by atoms with Gasteiger partial charge in [-0.1, -0.05) is 42.6 Å². The average Bonchev–Trinajstić information content (AvgIpc) is 2.63. The Kier molecular flexibility index (Phi) is 6.22. The lowest BCUT2D eigenvalue weighted by atomic mass is 10.00. The summed E-state index contributed by atoms with van der Waals surface area (Å²) in [6.07, 6.45) is 2.05. The Labute approximate surface area is 130 Å². The molecule has 1 aromatic heterocycles. The molecule has 0 aliphatic heterocycles. The van der Waals surface area contributed by atoms with Gasteiger partial charge in [-0.25, -0.2) is 13.1 Å². The minimum atomic E-state index is -3.51. The third-order valence-electron chi connectivity index (χ3n) is 3.74. The molecule has 116 valence electrons. The van der Waals surface area contributed by atoms with Gasteiger partial charge in [0.25, 0.3) is 0 Å². The van der Waals surface area contributed by atoms with Crippen LogP contribution in [0.5, 0.6) is 0 Å². The van der Waals surface area contributed by atoms with E-state index < -0.39 is 10.0 Å². The summed E-state index contributed by atoms with van der Waals surface area (Å²) in [5, 5.41) is 4.16. The number of rotatable bonds is 7. The van der Waals surface area contributed by atoms with Crippen LogP contribution in [0.3, 0.4) is 0 Å². The number of nitrogens with zero attached hydrogens (tertiary/aromatic N) is 2. The summed E-state index contributed by atoms with van der Waals surface area (Å²) in [6.45, 7) is 8.11. The van der Waals surface area contributed by atoms with Gasteiger partial charge >= 0.3 is 0 Å². The number of nitrogens with one attached hydrogen (secondary N) is 1. The Morgan fingerprint density at radius 3 is 2.25 bits per heavy atom. The fraction of sp³-hybridized carbons (Fsp3) is 0.769. The molecule has 0 aliphatic rings. The Morgan fingerprint density at radius 2 is 1.85 bits per heavy atom. The quantitative estimate of drug-likeness (QED) is 0.755. The van der Waals surface area contributed by atoms with Gasteiger partial charge < -0.3 is 0 Å². The predicted molar refractivity (Wildman–Crippen MR) is 84.7 cm³/mol. The van der Waals surface area contributed by atoms with Crippen LogP contribution in [-0.4, -0.2) is 29.6 Å². The fourth-order valence-corrected chi connectivity index (χ4v) is 4.99. The first kappa shape index (κ1) is 17.7. The third-order valence-corrected chi connectivity index (χ3v) is 6.49. The molecule has 0 aromatic carbocycles. The molecular weight excluding hydrogens is 342 g/mol. The highest BCUT2D eigenvalue weighted by Crippen LogP contribution is 2.22. The van der Waals surface area contributed by atoms with Crippen molar-refractivity contribution in [1.82, 2.24) is 14.5 Å². The van der Waals surface area contributed by atoms with Crippen molar-refractivity contribution in [3.8, 4) is 0 Å². The summed E-state index contributed by atoms with van der Waals surface area (Å²) in [6, 6.07) is 0. The first-order chi connectivity index (χ1) is 9.24. The third kappa shape index (κ3) is 3.83. The Morgan fingerprint density at radius 1 is 1.30 bits per heavy atom. The van der Waals surface area contributed by atoms with E-state index in [2.05, 4.69) is 39.6 Å². The zero-order valence-corrected chi connectivity index (χ0v) is 15.2. The Hall–Kier alpha value is -0.400. The minimum absolute atomic E-state index is 0.143. The molecule has 7 heteroatoms. The monoisotopic (exact) mass is 365 g/mol. The van der Waals surface area contributed by atoms with E-state index in [1.165, 1.54) is 0 Å². The van der Waals surface area contributed by atoms with Crippen LogP contribution in [0.2, 0.25) is 0 Å². The van der Waals surface area contributed by atoms with Gasteiger partial charge in [0.15, 0.2) is 0 Å². The number of aryl methyl sites for hydroxylation is 2. The van der Waals surface area contributed by atoms with Crippen molar-refractivity contribution in [2.45, 2.75) is 50.3 Å². The molecule has 0 amide bonds. The van der Waals surface area contributed by atoms with E-state index in [9.17, 15) is 8.42 Å². The number of aromatic nitrogens is 2. The van der Waals surface area contributed by atoms with E-state index in [-0.39, 0.29) is 4.83 Å². The van der Waals surface area contributed by atoms with E-state index in [4.69, 9.17) is 0 Å². The van der Waals surface area contributed by atoms with Crippen LogP contribution in [0.15, 0.2) is 4.90 Å². The molecule has 1 rings (SSSR count). The molecule has 5 nitrogen and oxygen atoms in total. The van der Waals surface area contributed by atoms with Crippen molar-refractivity contribution in [2.24, 2.45) is 13.0 Å². The summed E-state index contributed by atoms with van der Waals surface area (Å²) in [5.74, 6) is 0.466. The number of hydrogen-bond donors (Lipinski definition) is 1. The van der Waals surface area contributed by atoms with Gasteiger partial charge in [0.1, 0.15) is 4.90 Å². The fourth-order valence-electron chi connectivity index (χ4n) is 2.37. The lowest BCUT2D eigenvalue weighted by Gasteiger charge is -2.20. The summed E-state index contributed by atoms with van der Waals surface area (Å²) in [4.78, 5) is 0.439. The summed E-state index contributed by atoms with van der Waals surface area (Å²) >= 11 is 3.58. The normalized spacial score (nSPS) is 13.9. The zero-order valence-electron chi connectivity index (χ0n) is 12.8. The number of halogens is 1. The highest BCUT2D eigenvalue weighted by molar-refractivity contribution is 9.09. The predicted octanol–water partition coefficient (Wildman–Crippen LogP) is 2.51. The van der Waals surface area contributed by atoms with Crippen molar-refractivity contribution in [1.29, 1.82) is 0 Å². The highest BCUT2D eigenvalue weighted by Gasteiger charge is 2.25. The molecule has 0 saturated heterocycles. The number of sulfonamides is 1. The van der Waals surface area contributed by atoms with E-state index in [0.717, 1.165) is 12.8 Å². The van der Waals surface area contributed by atoms with Gasteiger partial charge in [-0.05, 0) is 19.8 Å². The molecule has 1 heterocycles. The molecule has 1 atom stereocenters. The van der Waals surface area contributed by atoms with Gasteiger partial charge in [0, 0.05) is 18.4 Å². The van der Waals surface area contributed by atoms with Crippen LogP contribution in [0, 0.1) is 19.8 Å². The van der Waals surface area contributed by atoms with Gasteiger partial charge in [0.05, 0.1) is 11.4 Å². The summed E-state index contributed by atoms with van der Waals surface area (Å²) in [7, 11) is -1.76. The maximum absolute atomic E-state index is 12.4. The SMILES string of the molecule is CCC(CC)C(Br)CNS(=O)(=O)c1c(C)nn(C)c1C. The van der Waals surface area contributed by atoms with Crippen molar-refractivity contribution in [3.63, 3.8) is 0 Å². The summed E-state index contributed by atoms with van der Waals surface area (Å²) < 4.78 is 29.1. The topological polar surface area (TPSA) is 64.0 Å². The van der Waals surface area contributed by atoms with Gasteiger partial charge in [-0.2, -0.15) is 5.10 Å². The van der Waals surface area contributed by atoms with Crippen molar-refractivity contribution in [3.05, 3.63) is 11.4 Å². The Bertz CT molecular complexity index is 550. The molecule has 1 unspecified atom stereocenters. The number of alkyl halides is 1. The zero-order chi connectivity index (χ0) is 15.5. The summed E-state index contributed by atoms with van der Waals surface area (Å²) in [5.41, 5.74) is 1.19. The second-order valence-electron chi connectivity index (χ2n) is 5.07. The van der Waals surface area contributed by atoms with Crippen molar-refractivity contribution in [2.75, 3.05) is 6.54 Å². The van der Waals surface area contributed by atoms with Crippen LogP contribution in [0.4, 0.5) is 0 Å². The number of hydrogen-bond acceptors (Lipinski definition) is 3. The lowest BCUT2D eigenvalue weighted by Crippen LogP contribution is -2.33. The molecule has 0 bridgehead atoms. The van der Waals surface area contributed by atoms with Crippen LogP contribution in [0.1, 0.15) is 38.1 Å². The van der Waals surface area contributed by atoms with Crippen LogP contribution >= 0.6 is 15.9 Å². The van der Waals surface area contributed by atoms with Crippen molar-refractivity contribution >= 4 is 26.0 Å².